The molecule has 0 radical (unpaired) electrons. The molecule has 0 saturated carbocycles. The predicted octanol–water partition coefficient (Wildman–Crippen LogP) is 3.19. The SMILES string of the molecule is O=C(O)c1cccc(Nc2ncc([N+](=O)[O-])cc2Br)c1. The quantitative estimate of drug-likeness (QED) is 0.655. The summed E-state index contributed by atoms with van der Waals surface area (Å²) in [6.07, 6.45) is 1.12. The fourth-order valence-corrected chi connectivity index (χ4v) is 1.92. The van der Waals surface area contributed by atoms with Gasteiger partial charge in [0.05, 0.1) is 15.0 Å². The normalized spacial score (nSPS) is 10.1. The molecule has 2 rings (SSSR count). The second-order valence-corrected chi connectivity index (χ2v) is 4.65. The predicted molar refractivity (Wildman–Crippen MR) is 75.3 cm³/mol. The smallest absolute Gasteiger partial charge is 0.335 e. The van der Waals surface area contributed by atoms with Crippen molar-refractivity contribution in [3.05, 3.63) is 56.7 Å². The molecule has 20 heavy (non-hydrogen) atoms. The van der Waals surface area contributed by atoms with Crippen LogP contribution in [0, 0.1) is 10.1 Å². The second kappa shape index (κ2) is 5.66. The van der Waals surface area contributed by atoms with E-state index in [0.29, 0.717) is 16.0 Å². The molecule has 0 unspecified atom stereocenters. The highest BCUT2D eigenvalue weighted by molar-refractivity contribution is 9.10. The van der Waals surface area contributed by atoms with Crippen LogP contribution in [0.2, 0.25) is 0 Å². The lowest BCUT2D eigenvalue weighted by molar-refractivity contribution is -0.385. The van der Waals surface area contributed by atoms with E-state index in [-0.39, 0.29) is 11.3 Å². The van der Waals surface area contributed by atoms with E-state index < -0.39 is 10.9 Å². The molecular weight excluding hydrogens is 330 g/mol. The number of carbonyl (C=O) groups is 1. The van der Waals surface area contributed by atoms with Crippen molar-refractivity contribution in [3.63, 3.8) is 0 Å². The molecule has 0 aliphatic heterocycles. The van der Waals surface area contributed by atoms with Crippen LogP contribution in [-0.2, 0) is 0 Å². The van der Waals surface area contributed by atoms with Crippen molar-refractivity contribution < 1.29 is 14.8 Å². The summed E-state index contributed by atoms with van der Waals surface area (Å²) in [6, 6.07) is 7.48. The van der Waals surface area contributed by atoms with Gasteiger partial charge in [0.25, 0.3) is 5.69 Å². The number of hydrogen-bond acceptors (Lipinski definition) is 5. The maximum absolute atomic E-state index is 10.9. The molecule has 0 spiro atoms. The average molecular weight is 338 g/mol. The fraction of sp³-hybridized carbons (Fsp3) is 0. The zero-order chi connectivity index (χ0) is 14.7. The molecule has 0 atom stereocenters. The molecule has 1 aromatic carbocycles. The van der Waals surface area contributed by atoms with Gasteiger partial charge in [-0.05, 0) is 34.1 Å². The van der Waals surface area contributed by atoms with E-state index in [1.54, 1.807) is 12.1 Å². The Morgan fingerprint density at radius 2 is 2.15 bits per heavy atom. The van der Waals surface area contributed by atoms with Gasteiger partial charge < -0.3 is 10.4 Å². The minimum absolute atomic E-state index is 0.132. The molecule has 2 aromatic rings. The molecule has 102 valence electrons. The number of nitro groups is 1. The number of anilines is 2. The third-order valence-electron chi connectivity index (χ3n) is 2.41. The van der Waals surface area contributed by atoms with Gasteiger partial charge in [0.15, 0.2) is 0 Å². The van der Waals surface area contributed by atoms with Gasteiger partial charge in [0.2, 0.25) is 0 Å². The Kier molecular flexibility index (Phi) is 3.94. The van der Waals surface area contributed by atoms with Crippen LogP contribution in [0.15, 0.2) is 41.0 Å². The van der Waals surface area contributed by atoms with Gasteiger partial charge in [-0.25, -0.2) is 9.78 Å². The number of carboxylic acids is 1. The Morgan fingerprint density at radius 3 is 2.75 bits per heavy atom. The van der Waals surface area contributed by atoms with E-state index in [9.17, 15) is 14.9 Å². The van der Waals surface area contributed by atoms with Crippen molar-refractivity contribution >= 4 is 39.1 Å². The standard InChI is InChI=1S/C12H8BrN3O4/c13-10-5-9(16(19)20)6-14-11(10)15-8-3-1-2-7(4-8)12(17)18/h1-6H,(H,14,15)(H,17,18). The molecule has 8 heteroatoms. The molecule has 0 amide bonds. The minimum Gasteiger partial charge on any atom is -0.478 e. The van der Waals surface area contributed by atoms with Crippen LogP contribution in [-0.4, -0.2) is 21.0 Å². The Bertz CT molecular complexity index is 690. The summed E-state index contributed by atoms with van der Waals surface area (Å²) in [5.41, 5.74) is 0.515. The van der Waals surface area contributed by atoms with Gasteiger partial charge >= 0.3 is 5.97 Å². The fourth-order valence-electron chi connectivity index (χ4n) is 1.49. The number of benzene rings is 1. The largest absolute Gasteiger partial charge is 0.478 e. The van der Waals surface area contributed by atoms with Crippen molar-refractivity contribution in [2.75, 3.05) is 5.32 Å². The summed E-state index contributed by atoms with van der Waals surface area (Å²) in [5.74, 6) is -0.678. The summed E-state index contributed by atoms with van der Waals surface area (Å²) in [5, 5.41) is 22.4. The van der Waals surface area contributed by atoms with Gasteiger partial charge in [-0.15, -0.1) is 0 Å². The Hall–Kier alpha value is -2.48. The molecule has 1 heterocycles. The van der Waals surface area contributed by atoms with Crippen LogP contribution in [0.3, 0.4) is 0 Å². The van der Waals surface area contributed by atoms with Gasteiger partial charge in [0, 0.05) is 11.8 Å². The van der Waals surface area contributed by atoms with Crippen molar-refractivity contribution in [3.8, 4) is 0 Å². The summed E-state index contributed by atoms with van der Waals surface area (Å²) in [4.78, 5) is 24.8. The van der Waals surface area contributed by atoms with E-state index >= 15 is 0 Å². The maximum atomic E-state index is 10.9. The van der Waals surface area contributed by atoms with Gasteiger partial charge in [-0.2, -0.15) is 0 Å². The molecular formula is C12H8BrN3O4. The molecule has 2 N–H and O–H groups in total. The lowest BCUT2D eigenvalue weighted by atomic mass is 10.2. The zero-order valence-electron chi connectivity index (χ0n) is 9.91. The average Bonchev–Trinajstić information content (AvgIpc) is 2.41. The number of halogens is 1. The maximum Gasteiger partial charge on any atom is 0.335 e. The monoisotopic (exact) mass is 337 g/mol. The Labute approximate surface area is 121 Å². The lowest BCUT2D eigenvalue weighted by Crippen LogP contribution is -2.00. The van der Waals surface area contributed by atoms with Crippen LogP contribution >= 0.6 is 15.9 Å². The zero-order valence-corrected chi connectivity index (χ0v) is 11.5. The van der Waals surface area contributed by atoms with Crippen LogP contribution in [0.25, 0.3) is 0 Å². The van der Waals surface area contributed by atoms with E-state index in [0.717, 1.165) is 6.20 Å². The Morgan fingerprint density at radius 1 is 1.40 bits per heavy atom. The number of nitrogens with one attached hydrogen (secondary N) is 1. The summed E-state index contributed by atoms with van der Waals surface area (Å²) < 4.78 is 0.410. The summed E-state index contributed by atoms with van der Waals surface area (Å²) >= 11 is 3.17. The third kappa shape index (κ3) is 3.09. The van der Waals surface area contributed by atoms with Crippen molar-refractivity contribution in [1.82, 2.24) is 4.98 Å². The summed E-state index contributed by atoms with van der Waals surface area (Å²) in [6.45, 7) is 0. The van der Waals surface area contributed by atoms with E-state index in [1.165, 1.54) is 18.2 Å². The number of hydrogen-bond donors (Lipinski definition) is 2. The van der Waals surface area contributed by atoms with Gasteiger partial charge in [-0.1, -0.05) is 6.07 Å². The first-order valence-electron chi connectivity index (χ1n) is 5.37. The molecule has 0 bridgehead atoms. The molecule has 0 aliphatic rings. The molecule has 7 nitrogen and oxygen atoms in total. The molecule has 0 aliphatic carbocycles. The third-order valence-corrected chi connectivity index (χ3v) is 3.01. The van der Waals surface area contributed by atoms with Crippen LogP contribution < -0.4 is 5.32 Å². The molecule has 1 aromatic heterocycles. The molecule has 0 saturated heterocycles. The van der Waals surface area contributed by atoms with Gasteiger partial charge in [0.1, 0.15) is 12.0 Å². The number of pyridine rings is 1. The lowest BCUT2D eigenvalue weighted by Gasteiger charge is -2.07. The number of aromatic carboxylic acids is 1. The first-order chi connectivity index (χ1) is 9.47. The first kappa shape index (κ1) is 13.9. The summed E-state index contributed by atoms with van der Waals surface area (Å²) in [7, 11) is 0. The number of aromatic nitrogens is 1. The number of carboxylic acid groups (broad SMARTS) is 1. The molecule has 0 fully saturated rings. The van der Waals surface area contributed by atoms with Crippen LogP contribution in [0.5, 0.6) is 0 Å². The van der Waals surface area contributed by atoms with E-state index in [1.807, 2.05) is 0 Å². The van der Waals surface area contributed by atoms with Crippen LogP contribution in [0.1, 0.15) is 10.4 Å². The second-order valence-electron chi connectivity index (χ2n) is 3.79. The number of nitrogens with zero attached hydrogens (tertiary/aromatic N) is 2. The van der Waals surface area contributed by atoms with Crippen molar-refractivity contribution in [2.24, 2.45) is 0 Å². The highest BCUT2D eigenvalue weighted by Crippen LogP contribution is 2.27. The van der Waals surface area contributed by atoms with Crippen LogP contribution in [0.4, 0.5) is 17.2 Å². The first-order valence-corrected chi connectivity index (χ1v) is 6.17. The highest BCUT2D eigenvalue weighted by Gasteiger charge is 2.11. The topological polar surface area (TPSA) is 105 Å². The highest BCUT2D eigenvalue weighted by atomic mass is 79.9. The minimum atomic E-state index is -1.04. The van der Waals surface area contributed by atoms with E-state index in [4.69, 9.17) is 5.11 Å². The van der Waals surface area contributed by atoms with E-state index in [2.05, 4.69) is 26.2 Å². The van der Waals surface area contributed by atoms with Crippen molar-refractivity contribution in [1.29, 1.82) is 0 Å². The van der Waals surface area contributed by atoms with Gasteiger partial charge in [-0.3, -0.25) is 10.1 Å². The van der Waals surface area contributed by atoms with Crippen molar-refractivity contribution in [2.45, 2.75) is 0 Å². The number of rotatable bonds is 4. The Balaban J connectivity index is 2.28.